The summed E-state index contributed by atoms with van der Waals surface area (Å²) in [5.41, 5.74) is 27.2. The normalized spacial score (nSPS) is 12.5. The summed E-state index contributed by atoms with van der Waals surface area (Å²) in [4.78, 5) is 16.3. The molecular formula is C73H62N4O2. The van der Waals surface area contributed by atoms with E-state index in [9.17, 15) is 0 Å². The van der Waals surface area contributed by atoms with Gasteiger partial charge in [-0.05, 0) is 172 Å². The zero-order chi connectivity index (χ0) is 54.4. The van der Waals surface area contributed by atoms with Gasteiger partial charge in [0, 0.05) is 33.6 Å². The highest BCUT2D eigenvalue weighted by molar-refractivity contribution is 6.15. The third kappa shape index (κ3) is 7.75. The minimum absolute atomic E-state index is 0.561. The monoisotopic (exact) mass is 1030 g/mol. The zero-order valence-corrected chi connectivity index (χ0v) is 46.6. The number of nitrogens with zero attached hydrogens (tertiary/aromatic N) is 4. The van der Waals surface area contributed by atoms with Crippen LogP contribution in [0, 0.1) is 69.2 Å². The van der Waals surface area contributed by atoms with Crippen molar-refractivity contribution < 1.29 is 8.83 Å². The van der Waals surface area contributed by atoms with Crippen LogP contribution in [0.25, 0.3) is 56.2 Å². The van der Waals surface area contributed by atoms with Crippen LogP contribution in [0.15, 0.2) is 203 Å². The molecule has 13 rings (SSSR count). The summed E-state index contributed by atoms with van der Waals surface area (Å²) >= 11 is 0. The lowest BCUT2D eigenvalue weighted by Crippen LogP contribution is -2.29. The van der Waals surface area contributed by atoms with E-state index in [1.54, 1.807) is 0 Å². The first-order valence-electron chi connectivity index (χ1n) is 27.4. The number of rotatable bonds is 10. The van der Waals surface area contributed by atoms with E-state index in [2.05, 4.69) is 273 Å². The molecule has 12 aromatic rings. The number of anilines is 6. The predicted molar refractivity (Wildman–Crippen MR) is 326 cm³/mol. The van der Waals surface area contributed by atoms with E-state index in [4.69, 9.17) is 18.8 Å². The summed E-state index contributed by atoms with van der Waals surface area (Å²) in [5.74, 6) is 1.12. The van der Waals surface area contributed by atoms with Gasteiger partial charge in [-0.2, -0.15) is 0 Å². The smallest absolute Gasteiger partial charge is 0.227 e. The van der Waals surface area contributed by atoms with Gasteiger partial charge in [-0.1, -0.05) is 169 Å². The number of aryl methyl sites for hydroxylation is 10. The Bertz CT molecular complexity index is 3990. The molecule has 79 heavy (non-hydrogen) atoms. The Morgan fingerprint density at radius 3 is 0.975 bits per heavy atom. The second-order valence-electron chi connectivity index (χ2n) is 21.9. The van der Waals surface area contributed by atoms with Gasteiger partial charge >= 0.3 is 0 Å². The molecule has 0 saturated carbocycles. The maximum atomic E-state index is 7.65. The van der Waals surface area contributed by atoms with Gasteiger partial charge in [-0.15, -0.1) is 0 Å². The molecule has 6 nitrogen and oxygen atoms in total. The summed E-state index contributed by atoms with van der Waals surface area (Å²) in [6.07, 6.45) is 0. The van der Waals surface area contributed by atoms with Gasteiger partial charge in [0.25, 0.3) is 0 Å². The molecule has 0 saturated heterocycles. The molecule has 2 aromatic heterocycles. The molecule has 1 aliphatic rings. The largest absolute Gasteiger partial charge is 0.435 e. The van der Waals surface area contributed by atoms with E-state index in [1.165, 1.54) is 11.1 Å². The van der Waals surface area contributed by atoms with Gasteiger partial charge in [-0.3, -0.25) is 0 Å². The summed E-state index contributed by atoms with van der Waals surface area (Å²) in [5, 5.41) is 0. The molecule has 0 radical (unpaired) electrons. The van der Waals surface area contributed by atoms with Crippen LogP contribution in [0.3, 0.4) is 0 Å². The molecule has 6 heteroatoms. The molecule has 0 fully saturated rings. The number of para-hydroxylation sites is 2. The number of hydrogen-bond donors (Lipinski definition) is 0. The lowest BCUT2D eigenvalue weighted by atomic mass is 9.67. The van der Waals surface area contributed by atoms with Crippen molar-refractivity contribution in [1.29, 1.82) is 0 Å². The van der Waals surface area contributed by atoms with E-state index in [-0.39, 0.29) is 0 Å². The third-order valence-corrected chi connectivity index (χ3v) is 16.5. The highest BCUT2D eigenvalue weighted by atomic mass is 16.4. The molecule has 0 N–H and O–H groups in total. The van der Waals surface area contributed by atoms with Crippen molar-refractivity contribution >= 4 is 56.3 Å². The molecule has 0 unspecified atom stereocenters. The van der Waals surface area contributed by atoms with Gasteiger partial charge in [0.15, 0.2) is 11.2 Å². The summed E-state index contributed by atoms with van der Waals surface area (Å²) < 4.78 is 15.3. The SMILES string of the molecule is Cc1ccc(N(c2c(C)cccc2C)c2cc3c(c4oc(-c5c(C)cccc5C)nc24)-c2c(cc(N(c4ccc(C)cc4)c4c(C)cccc4C)c4nc(-c5c(C)cccc5C)oc24)C3(c2ccccc2)c2ccccc2)cc1. The first-order valence-corrected chi connectivity index (χ1v) is 27.4. The molecule has 386 valence electrons. The van der Waals surface area contributed by atoms with Gasteiger partial charge in [0.1, 0.15) is 11.0 Å². The molecule has 0 aliphatic heterocycles. The van der Waals surface area contributed by atoms with Crippen LogP contribution in [0.1, 0.15) is 77.9 Å². The Balaban J connectivity index is 1.28. The first-order chi connectivity index (χ1) is 38.3. The van der Waals surface area contributed by atoms with Crippen molar-refractivity contribution in [2.45, 2.75) is 74.7 Å². The topological polar surface area (TPSA) is 58.5 Å². The average Bonchev–Trinajstić information content (AvgIpc) is 2.65. The van der Waals surface area contributed by atoms with E-state index in [0.29, 0.717) is 22.9 Å². The summed E-state index contributed by atoms with van der Waals surface area (Å²) in [7, 11) is 0. The Morgan fingerprint density at radius 1 is 0.329 bits per heavy atom. The van der Waals surface area contributed by atoms with Gasteiger partial charge in [0.2, 0.25) is 11.8 Å². The average molecular weight is 1030 g/mol. The second kappa shape index (κ2) is 19.0. The van der Waals surface area contributed by atoms with E-state index >= 15 is 0 Å². The van der Waals surface area contributed by atoms with Crippen molar-refractivity contribution in [2.75, 3.05) is 9.80 Å². The number of aromatic nitrogens is 2. The second-order valence-corrected chi connectivity index (χ2v) is 21.9. The van der Waals surface area contributed by atoms with Gasteiger partial charge in [0.05, 0.1) is 28.2 Å². The fourth-order valence-electron chi connectivity index (χ4n) is 12.9. The van der Waals surface area contributed by atoms with E-state index in [1.807, 2.05) is 0 Å². The molecule has 10 aromatic carbocycles. The van der Waals surface area contributed by atoms with Crippen LogP contribution in [0.4, 0.5) is 34.1 Å². The number of hydrogen-bond acceptors (Lipinski definition) is 6. The molecule has 0 bridgehead atoms. The molecular weight excluding hydrogens is 965 g/mol. The molecule has 0 spiro atoms. The number of oxazole rings is 2. The minimum atomic E-state index is -0.963. The zero-order valence-electron chi connectivity index (χ0n) is 46.6. The first kappa shape index (κ1) is 49.3. The molecule has 0 atom stereocenters. The predicted octanol–water partition coefficient (Wildman–Crippen LogP) is 19.7. The maximum Gasteiger partial charge on any atom is 0.227 e. The maximum absolute atomic E-state index is 7.65. The fraction of sp³-hybridized carbons (Fsp3) is 0.151. The summed E-state index contributed by atoms with van der Waals surface area (Å²) in [6.45, 7) is 21.7. The standard InChI is InChI=1S/C73H62N4O2/c1-43-33-37-55(38-34-43)76(67-49(7)25-19-26-50(67)8)59-41-57-63(69-65(59)74-71(78-69)61-45(3)21-17-22-46(61)4)64-58(73(57,53-29-13-11-14-30-53)54-31-15-12-16-32-54)42-60(66-70(64)79-72(75-66)62-47(5)23-18-24-48(62)6)77(56-39-35-44(2)36-40-56)68-51(9)27-20-28-52(68)10/h11-42H,1-10H3. The van der Waals surface area contributed by atoms with Crippen LogP contribution in [0.5, 0.6) is 0 Å². The van der Waals surface area contributed by atoms with Crippen LogP contribution in [-0.4, -0.2) is 9.97 Å². The number of fused-ring (bicyclic) bond motifs is 7. The van der Waals surface area contributed by atoms with Crippen molar-refractivity contribution in [3.8, 4) is 34.0 Å². The van der Waals surface area contributed by atoms with Crippen LogP contribution in [-0.2, 0) is 5.41 Å². The Hall–Kier alpha value is -9.26. The van der Waals surface area contributed by atoms with Crippen molar-refractivity contribution in [3.63, 3.8) is 0 Å². The molecule has 0 amide bonds. The minimum Gasteiger partial charge on any atom is -0.435 e. The van der Waals surface area contributed by atoms with Crippen LogP contribution >= 0.6 is 0 Å². The fourth-order valence-corrected chi connectivity index (χ4v) is 12.9. The number of benzene rings is 10. The third-order valence-electron chi connectivity index (χ3n) is 16.5. The Morgan fingerprint density at radius 2 is 0.646 bits per heavy atom. The van der Waals surface area contributed by atoms with Crippen LogP contribution < -0.4 is 9.80 Å². The lowest BCUT2D eigenvalue weighted by Gasteiger charge is -2.36. The van der Waals surface area contributed by atoms with Crippen molar-refractivity contribution in [3.05, 3.63) is 272 Å². The Kier molecular flexibility index (Phi) is 11.9. The van der Waals surface area contributed by atoms with E-state index < -0.39 is 5.41 Å². The molecule has 1 aliphatic carbocycles. The van der Waals surface area contributed by atoms with E-state index in [0.717, 1.165) is 134 Å². The lowest BCUT2D eigenvalue weighted by molar-refractivity contribution is 0.615. The van der Waals surface area contributed by atoms with Gasteiger partial charge in [-0.25, -0.2) is 9.97 Å². The summed E-state index contributed by atoms with van der Waals surface area (Å²) in [6, 6.07) is 70.6. The van der Waals surface area contributed by atoms with Crippen LogP contribution in [0.2, 0.25) is 0 Å². The van der Waals surface area contributed by atoms with Crippen molar-refractivity contribution in [1.82, 2.24) is 9.97 Å². The Labute approximate surface area is 463 Å². The van der Waals surface area contributed by atoms with Gasteiger partial charge < -0.3 is 18.6 Å². The van der Waals surface area contributed by atoms with Crippen molar-refractivity contribution in [2.24, 2.45) is 0 Å². The highest BCUT2D eigenvalue weighted by Gasteiger charge is 2.51. The quantitative estimate of drug-likeness (QED) is 0.136. The molecule has 2 heterocycles. The highest BCUT2D eigenvalue weighted by Crippen LogP contribution is 2.63.